The fourth-order valence-corrected chi connectivity index (χ4v) is 0.947. The lowest BCUT2D eigenvalue weighted by molar-refractivity contribution is -0.160. The second kappa shape index (κ2) is 6.20. The Morgan fingerprint density at radius 3 is 2.44 bits per heavy atom. The van der Waals surface area contributed by atoms with E-state index in [1.165, 1.54) is 0 Å². The Kier molecular flexibility index (Phi) is 5.64. The zero-order valence-corrected chi connectivity index (χ0v) is 8.97. The van der Waals surface area contributed by atoms with E-state index in [4.69, 9.17) is 5.26 Å². The van der Waals surface area contributed by atoms with Crippen LogP contribution in [0.25, 0.3) is 0 Å². The van der Waals surface area contributed by atoms with Crippen LogP contribution in [-0.2, 0) is 4.74 Å². The van der Waals surface area contributed by atoms with Gasteiger partial charge in [-0.25, -0.2) is 4.79 Å². The molecule has 7 heteroatoms. The van der Waals surface area contributed by atoms with E-state index in [9.17, 15) is 18.0 Å². The number of carbonyl (C=O) groups is 1. The number of ether oxygens (including phenoxy) is 1. The van der Waals surface area contributed by atoms with Crippen molar-refractivity contribution < 1.29 is 22.7 Å². The van der Waals surface area contributed by atoms with Gasteiger partial charge in [0.25, 0.3) is 0 Å². The standard InChI is InChI=1S/C9H13F3N2O2/c1-6(2)3-7(4-13)14-8(15)16-5-9(10,11)12/h6-7H,3,5H2,1-2H3,(H,14,15)/t7-/m0/s1. The molecule has 0 spiro atoms. The summed E-state index contributed by atoms with van der Waals surface area (Å²) in [4.78, 5) is 10.9. The van der Waals surface area contributed by atoms with E-state index in [1.54, 1.807) is 6.07 Å². The first kappa shape index (κ1) is 14.6. The van der Waals surface area contributed by atoms with Gasteiger partial charge in [-0.1, -0.05) is 13.8 Å². The molecule has 92 valence electrons. The summed E-state index contributed by atoms with van der Waals surface area (Å²) < 4.78 is 38.9. The van der Waals surface area contributed by atoms with E-state index in [0.717, 1.165) is 0 Å². The van der Waals surface area contributed by atoms with E-state index < -0.39 is 24.9 Å². The highest BCUT2D eigenvalue weighted by molar-refractivity contribution is 5.68. The van der Waals surface area contributed by atoms with Gasteiger partial charge in [-0.15, -0.1) is 0 Å². The minimum absolute atomic E-state index is 0.146. The highest BCUT2D eigenvalue weighted by atomic mass is 19.4. The molecule has 0 saturated carbocycles. The summed E-state index contributed by atoms with van der Waals surface area (Å²) in [6.45, 7) is 2.00. The van der Waals surface area contributed by atoms with E-state index in [1.807, 2.05) is 19.2 Å². The summed E-state index contributed by atoms with van der Waals surface area (Å²) in [7, 11) is 0. The summed E-state index contributed by atoms with van der Waals surface area (Å²) in [5, 5.41) is 10.7. The van der Waals surface area contributed by atoms with Gasteiger partial charge in [-0.2, -0.15) is 18.4 Å². The van der Waals surface area contributed by atoms with Crippen LogP contribution in [0.5, 0.6) is 0 Å². The highest BCUT2D eigenvalue weighted by Gasteiger charge is 2.30. The molecule has 0 heterocycles. The van der Waals surface area contributed by atoms with Crippen LogP contribution in [0.1, 0.15) is 20.3 Å². The van der Waals surface area contributed by atoms with Gasteiger partial charge in [0, 0.05) is 0 Å². The molecule has 4 nitrogen and oxygen atoms in total. The van der Waals surface area contributed by atoms with E-state index >= 15 is 0 Å². The highest BCUT2D eigenvalue weighted by Crippen LogP contribution is 2.14. The second-order valence-electron chi connectivity index (χ2n) is 3.65. The lowest BCUT2D eigenvalue weighted by Crippen LogP contribution is -2.36. The maximum atomic E-state index is 11.7. The monoisotopic (exact) mass is 238 g/mol. The first-order valence-corrected chi connectivity index (χ1v) is 4.64. The van der Waals surface area contributed by atoms with Crippen LogP contribution in [0.3, 0.4) is 0 Å². The summed E-state index contributed by atoms with van der Waals surface area (Å²) in [6.07, 6.45) is -5.43. The Balaban J connectivity index is 3.99. The molecule has 0 aliphatic rings. The van der Waals surface area contributed by atoms with Gasteiger partial charge >= 0.3 is 12.3 Å². The van der Waals surface area contributed by atoms with E-state index in [-0.39, 0.29) is 5.92 Å². The SMILES string of the molecule is CC(C)C[C@@H](C#N)NC(=O)OCC(F)(F)F. The predicted molar refractivity (Wildman–Crippen MR) is 49.4 cm³/mol. The van der Waals surface area contributed by atoms with Crippen molar-refractivity contribution in [2.45, 2.75) is 32.5 Å². The van der Waals surface area contributed by atoms with Gasteiger partial charge in [0.15, 0.2) is 6.61 Å². The van der Waals surface area contributed by atoms with Crippen LogP contribution in [0.2, 0.25) is 0 Å². The zero-order valence-electron chi connectivity index (χ0n) is 8.97. The van der Waals surface area contributed by atoms with Crippen LogP contribution >= 0.6 is 0 Å². The van der Waals surface area contributed by atoms with Crippen LogP contribution in [0.4, 0.5) is 18.0 Å². The lowest BCUT2D eigenvalue weighted by Gasteiger charge is -2.14. The number of nitriles is 1. The van der Waals surface area contributed by atoms with Crippen LogP contribution in [-0.4, -0.2) is 24.9 Å². The van der Waals surface area contributed by atoms with E-state index in [2.05, 4.69) is 4.74 Å². The van der Waals surface area contributed by atoms with Gasteiger partial charge in [-0.05, 0) is 12.3 Å². The molecule has 0 aliphatic heterocycles. The molecule has 0 aromatic heterocycles. The largest absolute Gasteiger partial charge is 0.440 e. The average Bonchev–Trinajstić information content (AvgIpc) is 2.12. The Morgan fingerprint density at radius 1 is 1.50 bits per heavy atom. The Morgan fingerprint density at radius 2 is 2.06 bits per heavy atom. The van der Waals surface area contributed by atoms with E-state index in [0.29, 0.717) is 6.42 Å². The van der Waals surface area contributed by atoms with Crippen LogP contribution < -0.4 is 5.32 Å². The maximum absolute atomic E-state index is 11.7. The molecule has 0 saturated heterocycles. The Hall–Kier alpha value is -1.45. The Labute approximate surface area is 91.4 Å². The molecule has 0 fully saturated rings. The van der Waals surface area contributed by atoms with Crippen molar-refractivity contribution in [3.8, 4) is 6.07 Å². The molecule has 1 atom stereocenters. The maximum Gasteiger partial charge on any atom is 0.422 e. The topological polar surface area (TPSA) is 62.1 Å². The molecule has 1 N–H and O–H groups in total. The number of hydrogen-bond acceptors (Lipinski definition) is 3. The summed E-state index contributed by atoms with van der Waals surface area (Å²) in [5.74, 6) is 0.146. The summed E-state index contributed by atoms with van der Waals surface area (Å²) in [6, 6.07) is 0.936. The third kappa shape index (κ3) is 7.91. The van der Waals surface area contributed by atoms with Crippen LogP contribution in [0.15, 0.2) is 0 Å². The summed E-state index contributed by atoms with van der Waals surface area (Å²) >= 11 is 0. The number of nitrogens with one attached hydrogen (secondary N) is 1. The molecule has 0 radical (unpaired) electrons. The second-order valence-corrected chi connectivity index (χ2v) is 3.65. The van der Waals surface area contributed by atoms with Gasteiger partial charge in [0.1, 0.15) is 6.04 Å². The number of carbonyl (C=O) groups excluding carboxylic acids is 1. The molecular weight excluding hydrogens is 225 g/mol. The number of amides is 1. The van der Waals surface area contributed by atoms with Crippen LogP contribution in [0, 0.1) is 17.2 Å². The minimum atomic E-state index is -4.56. The average molecular weight is 238 g/mol. The van der Waals surface area contributed by atoms with Gasteiger partial charge in [-0.3, -0.25) is 0 Å². The number of nitrogens with zero attached hydrogens (tertiary/aromatic N) is 1. The molecule has 0 unspecified atom stereocenters. The number of alkyl halides is 3. The van der Waals surface area contributed by atoms with Crippen molar-refractivity contribution in [2.75, 3.05) is 6.61 Å². The van der Waals surface area contributed by atoms with Gasteiger partial charge in [0.2, 0.25) is 0 Å². The zero-order chi connectivity index (χ0) is 12.8. The normalized spacial score (nSPS) is 13.1. The molecule has 0 rings (SSSR count). The number of rotatable bonds is 4. The van der Waals surface area contributed by atoms with Gasteiger partial charge in [0.05, 0.1) is 6.07 Å². The first-order valence-electron chi connectivity index (χ1n) is 4.64. The molecule has 1 amide bonds. The van der Waals surface area contributed by atoms with Gasteiger partial charge < -0.3 is 10.1 Å². The van der Waals surface area contributed by atoms with Crippen molar-refractivity contribution in [2.24, 2.45) is 5.92 Å². The third-order valence-corrected chi connectivity index (χ3v) is 1.52. The van der Waals surface area contributed by atoms with Crippen molar-refractivity contribution in [3.63, 3.8) is 0 Å². The first-order chi connectivity index (χ1) is 7.24. The fourth-order valence-electron chi connectivity index (χ4n) is 0.947. The number of halogens is 3. The van der Waals surface area contributed by atoms with Crippen molar-refractivity contribution in [1.82, 2.24) is 5.32 Å². The summed E-state index contributed by atoms with van der Waals surface area (Å²) in [5.41, 5.74) is 0. The predicted octanol–water partition coefficient (Wildman–Crippen LogP) is 2.21. The molecule has 0 bridgehead atoms. The van der Waals surface area contributed by atoms with Crippen molar-refractivity contribution in [3.05, 3.63) is 0 Å². The third-order valence-electron chi connectivity index (χ3n) is 1.52. The fraction of sp³-hybridized carbons (Fsp3) is 0.778. The lowest BCUT2D eigenvalue weighted by atomic mass is 10.1. The van der Waals surface area contributed by atoms with Crippen molar-refractivity contribution >= 4 is 6.09 Å². The number of hydrogen-bond donors (Lipinski definition) is 1. The minimum Gasteiger partial charge on any atom is -0.440 e. The molecule has 16 heavy (non-hydrogen) atoms. The van der Waals surface area contributed by atoms with Crippen molar-refractivity contribution in [1.29, 1.82) is 5.26 Å². The molecule has 0 aliphatic carbocycles. The molecule has 0 aromatic rings. The quantitative estimate of drug-likeness (QED) is 0.816. The Bertz CT molecular complexity index is 271. The molecular formula is C9H13F3N2O2. The molecule has 0 aromatic carbocycles. The number of alkyl carbamates (subject to hydrolysis) is 1. The smallest absolute Gasteiger partial charge is 0.422 e.